The second-order valence-corrected chi connectivity index (χ2v) is 7.96. The summed E-state index contributed by atoms with van der Waals surface area (Å²) < 4.78 is 1.08. The Bertz CT molecular complexity index is 589. The van der Waals surface area contributed by atoms with Crippen LogP contribution in [-0.2, 0) is 17.4 Å². The average molecular weight is 346 g/mol. The van der Waals surface area contributed by atoms with Crippen LogP contribution in [-0.4, -0.2) is 0 Å². The van der Waals surface area contributed by atoms with Crippen molar-refractivity contribution in [1.29, 1.82) is 0 Å². The summed E-state index contributed by atoms with van der Waals surface area (Å²) in [5, 5.41) is 0. The summed E-state index contributed by atoms with van der Waals surface area (Å²) >= 11 is 3.46. The van der Waals surface area contributed by atoms with Gasteiger partial charge in [0.1, 0.15) is 0 Å². The van der Waals surface area contributed by atoms with E-state index in [0.29, 0.717) is 0 Å². The second kappa shape index (κ2) is 5.94. The highest BCUT2D eigenvalue weighted by atomic mass is 79.9. The maximum atomic E-state index is 6.53. The normalized spacial score (nSPS) is 14.8. The lowest BCUT2D eigenvalue weighted by Gasteiger charge is -2.26. The number of hydrogen-bond acceptors (Lipinski definition) is 1. The Labute approximate surface area is 136 Å². The van der Waals surface area contributed by atoms with E-state index in [1.807, 2.05) is 12.1 Å². The molecule has 2 rings (SSSR count). The van der Waals surface area contributed by atoms with Crippen molar-refractivity contribution in [3.8, 4) is 0 Å². The molecule has 0 heterocycles. The molecule has 2 aromatic carbocycles. The van der Waals surface area contributed by atoms with E-state index in [1.54, 1.807) is 0 Å². The summed E-state index contributed by atoms with van der Waals surface area (Å²) in [5.74, 6) is 0. The number of halogens is 1. The molecule has 0 radical (unpaired) electrons. The molecule has 1 atom stereocenters. The Hall–Kier alpha value is -1.12. The molecule has 1 nitrogen and oxygen atoms in total. The molecule has 0 spiro atoms. The van der Waals surface area contributed by atoms with Crippen molar-refractivity contribution in [3.05, 3.63) is 69.7 Å². The maximum absolute atomic E-state index is 6.53. The van der Waals surface area contributed by atoms with Gasteiger partial charge in [0, 0.05) is 10.0 Å². The molecule has 0 aliphatic rings. The molecule has 0 amide bonds. The summed E-state index contributed by atoms with van der Waals surface area (Å²) in [6.07, 6.45) is 0.832. The van der Waals surface area contributed by atoms with E-state index in [1.165, 1.54) is 11.1 Å². The lowest BCUT2D eigenvalue weighted by molar-refractivity contribution is 0.491. The van der Waals surface area contributed by atoms with Crippen molar-refractivity contribution >= 4 is 15.9 Å². The molecule has 1 unspecified atom stereocenters. The van der Waals surface area contributed by atoms with Crippen LogP contribution < -0.4 is 5.73 Å². The van der Waals surface area contributed by atoms with Crippen LogP contribution in [0.4, 0.5) is 0 Å². The number of rotatable bonds is 3. The summed E-state index contributed by atoms with van der Waals surface area (Å²) in [5.41, 5.74) is 10.1. The summed E-state index contributed by atoms with van der Waals surface area (Å²) in [7, 11) is 0. The van der Waals surface area contributed by atoms with Crippen molar-refractivity contribution in [2.24, 2.45) is 5.73 Å². The fourth-order valence-corrected chi connectivity index (χ4v) is 2.74. The molecule has 2 heteroatoms. The minimum absolute atomic E-state index is 0.191. The van der Waals surface area contributed by atoms with Crippen LogP contribution in [0.2, 0.25) is 0 Å². The highest BCUT2D eigenvalue weighted by Gasteiger charge is 2.22. The van der Waals surface area contributed by atoms with Gasteiger partial charge in [-0.1, -0.05) is 73.1 Å². The number of nitrogens with two attached hydrogens (primary N) is 1. The minimum Gasteiger partial charge on any atom is -0.321 e. The number of hydrogen-bond donors (Lipinski definition) is 1. The molecular formula is C19H24BrN. The smallest absolute Gasteiger partial charge is 0.0421 e. The van der Waals surface area contributed by atoms with Gasteiger partial charge in [0.05, 0.1) is 0 Å². The van der Waals surface area contributed by atoms with Crippen molar-refractivity contribution in [2.45, 2.75) is 45.1 Å². The van der Waals surface area contributed by atoms with Crippen LogP contribution in [0, 0.1) is 0 Å². The van der Waals surface area contributed by atoms with Crippen LogP contribution in [0.5, 0.6) is 0 Å². The Morgan fingerprint density at radius 3 is 1.76 bits per heavy atom. The van der Waals surface area contributed by atoms with E-state index >= 15 is 0 Å². The lowest BCUT2D eigenvalue weighted by atomic mass is 9.84. The second-order valence-electron chi connectivity index (χ2n) is 7.05. The summed E-state index contributed by atoms with van der Waals surface area (Å²) in [4.78, 5) is 0. The molecule has 112 valence electrons. The van der Waals surface area contributed by atoms with E-state index in [-0.39, 0.29) is 11.0 Å². The average Bonchev–Trinajstić information content (AvgIpc) is 2.38. The highest BCUT2D eigenvalue weighted by Crippen LogP contribution is 2.26. The van der Waals surface area contributed by atoms with Gasteiger partial charge in [0.15, 0.2) is 0 Å². The monoisotopic (exact) mass is 345 g/mol. The van der Waals surface area contributed by atoms with Crippen LogP contribution in [0.25, 0.3) is 0 Å². The molecule has 0 aliphatic carbocycles. The molecule has 2 aromatic rings. The van der Waals surface area contributed by atoms with Gasteiger partial charge in [0.2, 0.25) is 0 Å². The van der Waals surface area contributed by atoms with Crippen LogP contribution in [0.1, 0.15) is 44.4 Å². The fraction of sp³-hybridized carbons (Fsp3) is 0.368. The van der Waals surface area contributed by atoms with Gasteiger partial charge in [-0.25, -0.2) is 0 Å². The van der Waals surface area contributed by atoms with Gasteiger partial charge in [-0.3, -0.25) is 0 Å². The van der Waals surface area contributed by atoms with Gasteiger partial charge in [-0.2, -0.15) is 0 Å². The van der Waals surface area contributed by atoms with Gasteiger partial charge in [0.25, 0.3) is 0 Å². The summed E-state index contributed by atoms with van der Waals surface area (Å²) in [6.45, 7) is 8.79. The molecule has 0 fully saturated rings. The maximum Gasteiger partial charge on any atom is 0.0421 e. The van der Waals surface area contributed by atoms with Crippen molar-refractivity contribution in [3.63, 3.8) is 0 Å². The first-order valence-corrected chi connectivity index (χ1v) is 8.12. The number of benzene rings is 2. The molecule has 0 saturated heterocycles. The van der Waals surface area contributed by atoms with Crippen molar-refractivity contribution < 1.29 is 0 Å². The fourth-order valence-electron chi connectivity index (χ4n) is 2.48. The third-order valence-electron chi connectivity index (χ3n) is 3.90. The highest BCUT2D eigenvalue weighted by molar-refractivity contribution is 9.10. The first-order valence-electron chi connectivity index (χ1n) is 7.33. The Kier molecular flexibility index (Phi) is 4.60. The largest absolute Gasteiger partial charge is 0.321 e. The zero-order valence-corrected chi connectivity index (χ0v) is 14.9. The minimum atomic E-state index is -0.357. The molecule has 0 saturated carbocycles. The van der Waals surface area contributed by atoms with E-state index in [9.17, 15) is 0 Å². The SMILES string of the molecule is CC(C)(C)c1ccc(CC(C)(N)c2ccc(Br)cc2)cc1. The van der Waals surface area contributed by atoms with Gasteiger partial charge in [-0.05, 0) is 47.6 Å². The molecule has 0 bridgehead atoms. The van der Waals surface area contributed by atoms with E-state index in [4.69, 9.17) is 5.73 Å². The van der Waals surface area contributed by atoms with E-state index < -0.39 is 0 Å². The molecular weight excluding hydrogens is 322 g/mol. The van der Waals surface area contributed by atoms with Crippen LogP contribution in [0.3, 0.4) is 0 Å². The predicted molar refractivity (Wildman–Crippen MR) is 94.5 cm³/mol. The molecule has 21 heavy (non-hydrogen) atoms. The zero-order chi connectivity index (χ0) is 15.7. The first kappa shape index (κ1) is 16.3. The quantitative estimate of drug-likeness (QED) is 0.816. The van der Waals surface area contributed by atoms with Crippen molar-refractivity contribution in [2.75, 3.05) is 0 Å². The topological polar surface area (TPSA) is 26.0 Å². The van der Waals surface area contributed by atoms with Crippen LogP contribution >= 0.6 is 15.9 Å². The zero-order valence-electron chi connectivity index (χ0n) is 13.3. The molecule has 2 N–H and O–H groups in total. The van der Waals surface area contributed by atoms with Crippen LogP contribution in [0.15, 0.2) is 53.0 Å². The Morgan fingerprint density at radius 1 is 0.810 bits per heavy atom. The Morgan fingerprint density at radius 2 is 1.29 bits per heavy atom. The summed E-state index contributed by atoms with van der Waals surface area (Å²) in [6, 6.07) is 17.1. The third kappa shape index (κ3) is 4.18. The lowest BCUT2D eigenvalue weighted by Crippen LogP contribution is -2.35. The molecule has 0 aliphatic heterocycles. The van der Waals surface area contributed by atoms with E-state index in [0.717, 1.165) is 16.5 Å². The van der Waals surface area contributed by atoms with Gasteiger partial charge in [-0.15, -0.1) is 0 Å². The standard InChI is InChI=1S/C19H24BrN/c1-18(2,3)15-7-5-14(6-8-15)13-19(4,21)16-9-11-17(20)12-10-16/h5-12H,13,21H2,1-4H3. The first-order chi connectivity index (χ1) is 9.68. The Balaban J connectivity index is 2.18. The molecule has 0 aromatic heterocycles. The van der Waals surface area contributed by atoms with Gasteiger partial charge < -0.3 is 5.73 Å². The third-order valence-corrected chi connectivity index (χ3v) is 4.42. The van der Waals surface area contributed by atoms with E-state index in [2.05, 4.69) is 80.0 Å². The predicted octanol–water partition coefficient (Wildman–Crippen LogP) is 5.16. The van der Waals surface area contributed by atoms with Crippen molar-refractivity contribution in [1.82, 2.24) is 0 Å². The van der Waals surface area contributed by atoms with Gasteiger partial charge >= 0.3 is 0 Å².